The Morgan fingerprint density at radius 2 is 1.52 bits per heavy atom. The predicted molar refractivity (Wildman–Crippen MR) is 132 cm³/mol. The first-order chi connectivity index (χ1) is 15.6. The summed E-state index contributed by atoms with van der Waals surface area (Å²) in [4.78, 5) is 12.6. The van der Waals surface area contributed by atoms with Gasteiger partial charge < -0.3 is 4.74 Å². The second-order valence-corrected chi connectivity index (χ2v) is 12.2. The molecule has 0 amide bonds. The van der Waals surface area contributed by atoms with Crippen LogP contribution in [-0.2, 0) is 32.4 Å². The first kappa shape index (κ1) is 25.4. The van der Waals surface area contributed by atoms with Crippen molar-refractivity contribution in [2.75, 3.05) is 13.1 Å². The summed E-state index contributed by atoms with van der Waals surface area (Å²) in [5.74, 6) is 0.0237. The Morgan fingerprint density at radius 3 is 2.06 bits per heavy atom. The van der Waals surface area contributed by atoms with Crippen LogP contribution in [0.4, 0.5) is 0 Å². The molecule has 3 rings (SSSR count). The fourth-order valence-corrected chi connectivity index (χ4v) is 6.33. The molecule has 1 aliphatic heterocycles. The molecule has 0 spiro atoms. The number of nitrogens with zero attached hydrogens (tertiary/aromatic N) is 1. The van der Waals surface area contributed by atoms with E-state index in [9.17, 15) is 13.2 Å². The summed E-state index contributed by atoms with van der Waals surface area (Å²) in [5.41, 5.74) is 1.73. The van der Waals surface area contributed by atoms with Gasteiger partial charge in [0.2, 0.25) is 10.0 Å². The highest BCUT2D eigenvalue weighted by Gasteiger charge is 2.36. The van der Waals surface area contributed by atoms with Gasteiger partial charge in [0.05, 0.1) is 11.7 Å². The third-order valence-electron chi connectivity index (χ3n) is 6.13. The zero-order valence-corrected chi connectivity index (χ0v) is 20.9. The average Bonchev–Trinajstić information content (AvgIpc) is 2.77. The molecule has 1 fully saturated rings. The van der Waals surface area contributed by atoms with Crippen LogP contribution in [0.25, 0.3) is 0 Å². The summed E-state index contributed by atoms with van der Waals surface area (Å²) >= 11 is 0. The van der Waals surface area contributed by atoms with E-state index in [0.717, 1.165) is 24.8 Å². The molecule has 6 heteroatoms. The number of piperidine rings is 1. The molecule has 1 unspecified atom stereocenters. The largest absolute Gasteiger partial charge is 0.460 e. The molecule has 0 aliphatic carbocycles. The van der Waals surface area contributed by atoms with Crippen LogP contribution in [0, 0.1) is 5.92 Å². The number of aryl methyl sites for hydroxylation is 1. The Hall–Kier alpha value is -2.18. The van der Waals surface area contributed by atoms with Crippen LogP contribution in [0.5, 0.6) is 0 Å². The van der Waals surface area contributed by atoms with E-state index in [0.29, 0.717) is 31.8 Å². The van der Waals surface area contributed by atoms with Crippen molar-refractivity contribution < 1.29 is 17.9 Å². The maximum absolute atomic E-state index is 13.6. The van der Waals surface area contributed by atoms with Gasteiger partial charge in [-0.25, -0.2) is 12.7 Å². The molecule has 0 N–H and O–H groups in total. The molecular weight excluding hydrogens is 434 g/mol. The first-order valence-electron chi connectivity index (χ1n) is 11.9. The van der Waals surface area contributed by atoms with Crippen LogP contribution in [0.3, 0.4) is 0 Å². The maximum Gasteiger partial charge on any atom is 0.307 e. The van der Waals surface area contributed by atoms with Gasteiger partial charge in [0, 0.05) is 13.1 Å². The Balaban J connectivity index is 1.66. The number of benzene rings is 2. The normalized spacial score (nSPS) is 16.9. The van der Waals surface area contributed by atoms with Crippen molar-refractivity contribution in [1.82, 2.24) is 4.31 Å². The summed E-state index contributed by atoms with van der Waals surface area (Å²) in [7, 11) is -3.61. The van der Waals surface area contributed by atoms with E-state index in [-0.39, 0.29) is 6.42 Å². The molecule has 5 nitrogen and oxygen atoms in total. The zero-order chi connectivity index (χ0) is 23.9. The molecule has 2 aromatic rings. The average molecular weight is 472 g/mol. The molecule has 180 valence electrons. The van der Waals surface area contributed by atoms with Crippen molar-refractivity contribution in [1.29, 1.82) is 0 Å². The maximum atomic E-state index is 13.6. The Bertz CT molecular complexity index is 976. The molecule has 1 aliphatic rings. The smallest absolute Gasteiger partial charge is 0.307 e. The zero-order valence-electron chi connectivity index (χ0n) is 20.1. The second-order valence-electron chi connectivity index (χ2n) is 10.0. The highest BCUT2D eigenvalue weighted by atomic mass is 32.2. The Labute approximate surface area is 199 Å². The predicted octanol–water partition coefficient (Wildman–Crippen LogP) is 5.00. The van der Waals surface area contributed by atoms with E-state index in [4.69, 9.17) is 4.74 Å². The van der Waals surface area contributed by atoms with Crippen molar-refractivity contribution in [2.45, 2.75) is 70.1 Å². The molecule has 33 heavy (non-hydrogen) atoms. The molecular formula is C27H37NO4S. The van der Waals surface area contributed by atoms with Crippen LogP contribution in [0.1, 0.15) is 57.6 Å². The number of carbonyl (C=O) groups excluding carboxylic acids is 1. The third kappa shape index (κ3) is 7.97. The van der Waals surface area contributed by atoms with E-state index in [2.05, 4.69) is 12.1 Å². The standard InChI is InChI=1S/C27H37NO4S/c1-27(2,3)32-26(29)21-25(15-14-22-10-6-4-7-11-22)33(30,31)28-18-16-24(17-19-28)20-23-12-8-5-9-13-23/h4-13,24-25H,14-21H2,1-3H3. The minimum atomic E-state index is -3.61. The van der Waals surface area contributed by atoms with Gasteiger partial charge in [0.15, 0.2) is 0 Å². The van der Waals surface area contributed by atoms with E-state index < -0.39 is 26.8 Å². The third-order valence-corrected chi connectivity index (χ3v) is 8.46. The molecule has 0 saturated carbocycles. The molecule has 1 heterocycles. The summed E-state index contributed by atoms with van der Waals surface area (Å²) in [5, 5.41) is -0.779. The molecule has 0 aromatic heterocycles. The Morgan fingerprint density at radius 1 is 0.970 bits per heavy atom. The van der Waals surface area contributed by atoms with Gasteiger partial charge in [0.25, 0.3) is 0 Å². The van der Waals surface area contributed by atoms with Crippen LogP contribution < -0.4 is 0 Å². The van der Waals surface area contributed by atoms with Crippen LogP contribution in [-0.4, -0.2) is 42.6 Å². The summed E-state index contributed by atoms with van der Waals surface area (Å²) in [6, 6.07) is 20.2. The van der Waals surface area contributed by atoms with Gasteiger partial charge in [-0.1, -0.05) is 60.7 Å². The fraction of sp³-hybridized carbons (Fsp3) is 0.519. The number of carbonyl (C=O) groups is 1. The molecule has 2 aromatic carbocycles. The second kappa shape index (κ2) is 11.3. The lowest BCUT2D eigenvalue weighted by molar-refractivity contribution is -0.154. The number of sulfonamides is 1. The molecule has 0 radical (unpaired) electrons. The summed E-state index contributed by atoms with van der Waals surface area (Å²) in [6.07, 6.45) is 3.55. The quantitative estimate of drug-likeness (QED) is 0.483. The van der Waals surface area contributed by atoms with Gasteiger partial charge in [-0.3, -0.25) is 4.79 Å². The lowest BCUT2D eigenvalue weighted by atomic mass is 9.91. The lowest BCUT2D eigenvalue weighted by Crippen LogP contribution is -2.45. The minimum Gasteiger partial charge on any atom is -0.460 e. The van der Waals surface area contributed by atoms with Gasteiger partial charge in [-0.15, -0.1) is 0 Å². The molecule has 0 bridgehead atoms. The van der Waals surface area contributed by atoms with Gasteiger partial charge in [-0.2, -0.15) is 0 Å². The van der Waals surface area contributed by atoms with Crippen LogP contribution >= 0.6 is 0 Å². The Kier molecular flexibility index (Phi) is 8.71. The van der Waals surface area contributed by atoms with Gasteiger partial charge >= 0.3 is 5.97 Å². The minimum absolute atomic E-state index is 0.115. The van der Waals surface area contributed by atoms with E-state index in [1.165, 1.54) is 5.56 Å². The molecule has 1 saturated heterocycles. The SMILES string of the molecule is CC(C)(C)OC(=O)CC(CCc1ccccc1)S(=O)(=O)N1CCC(Cc2ccccc2)CC1. The number of rotatable bonds is 9. The number of esters is 1. The highest BCUT2D eigenvalue weighted by molar-refractivity contribution is 7.89. The van der Waals surface area contributed by atoms with E-state index in [1.54, 1.807) is 25.1 Å². The monoisotopic (exact) mass is 471 g/mol. The lowest BCUT2D eigenvalue weighted by Gasteiger charge is -2.34. The molecule has 1 atom stereocenters. The van der Waals surface area contributed by atoms with Crippen molar-refractivity contribution in [3.63, 3.8) is 0 Å². The van der Waals surface area contributed by atoms with Crippen LogP contribution in [0.2, 0.25) is 0 Å². The van der Waals surface area contributed by atoms with Crippen molar-refractivity contribution >= 4 is 16.0 Å². The van der Waals surface area contributed by atoms with Crippen molar-refractivity contribution in [3.8, 4) is 0 Å². The number of hydrogen-bond acceptors (Lipinski definition) is 4. The number of hydrogen-bond donors (Lipinski definition) is 0. The number of ether oxygens (including phenoxy) is 1. The van der Waals surface area contributed by atoms with E-state index >= 15 is 0 Å². The first-order valence-corrected chi connectivity index (χ1v) is 13.4. The van der Waals surface area contributed by atoms with Gasteiger partial charge in [-0.05, 0) is 69.9 Å². The topological polar surface area (TPSA) is 63.7 Å². The van der Waals surface area contributed by atoms with Crippen molar-refractivity contribution in [3.05, 3.63) is 71.8 Å². The summed E-state index contributed by atoms with van der Waals surface area (Å²) < 4.78 is 34.3. The highest BCUT2D eigenvalue weighted by Crippen LogP contribution is 2.27. The fourth-order valence-electron chi connectivity index (χ4n) is 4.42. The van der Waals surface area contributed by atoms with E-state index in [1.807, 2.05) is 48.5 Å². The summed E-state index contributed by atoms with van der Waals surface area (Å²) in [6.45, 7) is 6.42. The van der Waals surface area contributed by atoms with Gasteiger partial charge in [0.1, 0.15) is 5.60 Å². The van der Waals surface area contributed by atoms with Crippen LogP contribution in [0.15, 0.2) is 60.7 Å². The van der Waals surface area contributed by atoms with Crippen molar-refractivity contribution in [2.24, 2.45) is 5.92 Å².